The van der Waals surface area contributed by atoms with Crippen molar-refractivity contribution in [2.45, 2.75) is 13.5 Å². The molecule has 0 radical (unpaired) electrons. The van der Waals surface area contributed by atoms with Crippen molar-refractivity contribution in [1.29, 1.82) is 0 Å². The van der Waals surface area contributed by atoms with Gasteiger partial charge in [-0.05, 0) is 52.7 Å². The molecule has 0 saturated carbocycles. The maximum absolute atomic E-state index is 13.0. The number of aryl methyl sites for hydroxylation is 1. The molecule has 2 rings (SSSR count). The molecule has 5 heteroatoms. The second-order valence-electron chi connectivity index (χ2n) is 3.79. The Morgan fingerprint density at radius 1 is 1.39 bits per heavy atom. The predicted molar refractivity (Wildman–Crippen MR) is 69.1 cm³/mol. The fourth-order valence-corrected chi connectivity index (χ4v) is 1.88. The van der Waals surface area contributed by atoms with Crippen molar-refractivity contribution in [3.05, 3.63) is 51.9 Å². The number of ether oxygens (including phenoxy) is 1. The molecular weight excluding hydrogens is 301 g/mol. The first-order valence-corrected chi connectivity index (χ1v) is 6.08. The number of hydrogen-bond acceptors (Lipinski definition) is 3. The lowest BCUT2D eigenvalue weighted by atomic mass is 10.2. The van der Waals surface area contributed by atoms with Crippen LogP contribution in [-0.2, 0) is 6.61 Å². The molecule has 0 aliphatic heterocycles. The molecule has 1 heterocycles. The maximum Gasteiger partial charge on any atom is 0.224 e. The number of halogens is 2. The van der Waals surface area contributed by atoms with Gasteiger partial charge in [-0.15, -0.1) is 0 Å². The van der Waals surface area contributed by atoms with Crippen LogP contribution in [0.25, 0.3) is 0 Å². The van der Waals surface area contributed by atoms with Gasteiger partial charge >= 0.3 is 0 Å². The largest absolute Gasteiger partial charge is 0.438 e. The predicted octanol–water partition coefficient (Wildman–Crippen LogP) is 3.58. The molecular formula is C13H11BrFNO2. The number of aliphatic hydroxyl groups excluding tert-OH is 1. The Morgan fingerprint density at radius 3 is 2.83 bits per heavy atom. The molecule has 0 aliphatic rings. The number of benzene rings is 1. The van der Waals surface area contributed by atoms with E-state index in [1.807, 2.05) is 0 Å². The molecule has 1 aromatic carbocycles. The molecule has 3 nitrogen and oxygen atoms in total. The Hall–Kier alpha value is -1.46. The van der Waals surface area contributed by atoms with Gasteiger partial charge in [-0.2, -0.15) is 0 Å². The Kier molecular flexibility index (Phi) is 3.93. The van der Waals surface area contributed by atoms with Crippen molar-refractivity contribution in [1.82, 2.24) is 4.98 Å². The fraction of sp³-hybridized carbons (Fsp3) is 0.154. The minimum absolute atomic E-state index is 0.179. The Bertz CT molecular complexity index is 575. The average Bonchev–Trinajstić information content (AvgIpc) is 2.34. The van der Waals surface area contributed by atoms with Crippen LogP contribution in [0.4, 0.5) is 4.39 Å². The summed E-state index contributed by atoms with van der Waals surface area (Å²) in [4.78, 5) is 4.09. The zero-order valence-corrected chi connectivity index (χ0v) is 11.2. The van der Waals surface area contributed by atoms with Crippen LogP contribution in [-0.4, -0.2) is 10.1 Å². The smallest absolute Gasteiger partial charge is 0.224 e. The summed E-state index contributed by atoms with van der Waals surface area (Å²) in [6, 6.07) is 5.96. The summed E-state index contributed by atoms with van der Waals surface area (Å²) in [5.74, 6) is 0.516. The first kappa shape index (κ1) is 13.0. The van der Waals surface area contributed by atoms with Crippen LogP contribution in [0, 0.1) is 12.7 Å². The standard InChI is InChI=1S/C13H11BrFNO2/c1-8-4-11(15)2-3-12(8)18-13-9(7-17)5-10(14)6-16-13/h2-6,17H,7H2,1H3. The number of hydrogen-bond donors (Lipinski definition) is 1. The van der Waals surface area contributed by atoms with Gasteiger partial charge in [0.2, 0.25) is 5.88 Å². The number of pyridine rings is 1. The second kappa shape index (κ2) is 5.46. The number of aliphatic hydroxyl groups is 1. The summed E-state index contributed by atoms with van der Waals surface area (Å²) >= 11 is 3.27. The van der Waals surface area contributed by atoms with Crippen LogP contribution in [0.3, 0.4) is 0 Å². The average molecular weight is 312 g/mol. The highest BCUT2D eigenvalue weighted by atomic mass is 79.9. The molecule has 1 N–H and O–H groups in total. The van der Waals surface area contributed by atoms with Crippen molar-refractivity contribution in [3.63, 3.8) is 0 Å². The van der Waals surface area contributed by atoms with E-state index in [-0.39, 0.29) is 12.4 Å². The van der Waals surface area contributed by atoms with Gasteiger partial charge in [0.15, 0.2) is 0 Å². The van der Waals surface area contributed by atoms with Gasteiger partial charge in [-0.25, -0.2) is 9.37 Å². The molecule has 0 unspecified atom stereocenters. The molecule has 0 bridgehead atoms. The van der Waals surface area contributed by atoms with E-state index < -0.39 is 0 Å². The minimum atomic E-state index is -0.314. The molecule has 94 valence electrons. The highest BCUT2D eigenvalue weighted by molar-refractivity contribution is 9.10. The fourth-order valence-electron chi connectivity index (χ4n) is 1.51. The third-order valence-corrected chi connectivity index (χ3v) is 2.84. The van der Waals surface area contributed by atoms with Crippen LogP contribution in [0.1, 0.15) is 11.1 Å². The van der Waals surface area contributed by atoms with Crippen molar-refractivity contribution >= 4 is 15.9 Å². The topological polar surface area (TPSA) is 42.4 Å². The number of rotatable bonds is 3. The van der Waals surface area contributed by atoms with E-state index in [2.05, 4.69) is 20.9 Å². The molecule has 0 saturated heterocycles. The van der Waals surface area contributed by atoms with Crippen molar-refractivity contribution < 1.29 is 14.2 Å². The zero-order valence-electron chi connectivity index (χ0n) is 9.65. The highest BCUT2D eigenvalue weighted by Gasteiger charge is 2.09. The van der Waals surface area contributed by atoms with Crippen LogP contribution in [0.5, 0.6) is 11.6 Å². The van der Waals surface area contributed by atoms with Crippen LogP contribution in [0.15, 0.2) is 34.9 Å². The lowest BCUT2D eigenvalue weighted by Crippen LogP contribution is -1.96. The quantitative estimate of drug-likeness (QED) is 0.942. The first-order valence-electron chi connectivity index (χ1n) is 5.29. The third kappa shape index (κ3) is 2.86. The molecule has 0 spiro atoms. The van der Waals surface area contributed by atoms with Crippen LogP contribution in [0.2, 0.25) is 0 Å². The van der Waals surface area contributed by atoms with E-state index in [9.17, 15) is 9.50 Å². The molecule has 0 amide bonds. The Balaban J connectivity index is 2.33. The summed E-state index contributed by atoms with van der Waals surface area (Å²) in [5.41, 5.74) is 1.23. The number of nitrogens with zero attached hydrogens (tertiary/aromatic N) is 1. The number of aromatic nitrogens is 1. The lowest BCUT2D eigenvalue weighted by Gasteiger charge is -2.10. The van der Waals surface area contributed by atoms with E-state index in [1.54, 1.807) is 19.2 Å². The monoisotopic (exact) mass is 311 g/mol. The van der Waals surface area contributed by atoms with E-state index in [0.717, 1.165) is 4.47 Å². The van der Waals surface area contributed by atoms with Gasteiger partial charge in [0.25, 0.3) is 0 Å². The van der Waals surface area contributed by atoms with Crippen molar-refractivity contribution in [2.75, 3.05) is 0 Å². The van der Waals surface area contributed by atoms with Gasteiger partial charge in [0.05, 0.1) is 6.61 Å². The summed E-state index contributed by atoms with van der Waals surface area (Å²) in [7, 11) is 0. The minimum Gasteiger partial charge on any atom is -0.438 e. The molecule has 1 aromatic heterocycles. The van der Waals surface area contributed by atoms with Gasteiger partial charge < -0.3 is 9.84 Å². The highest BCUT2D eigenvalue weighted by Crippen LogP contribution is 2.28. The van der Waals surface area contributed by atoms with Crippen molar-refractivity contribution in [2.24, 2.45) is 0 Å². The van der Waals surface area contributed by atoms with Gasteiger partial charge in [0.1, 0.15) is 11.6 Å². The molecule has 0 atom stereocenters. The molecule has 0 fully saturated rings. The van der Waals surface area contributed by atoms with E-state index >= 15 is 0 Å². The molecule has 2 aromatic rings. The summed E-state index contributed by atoms with van der Waals surface area (Å²) < 4.78 is 19.3. The zero-order chi connectivity index (χ0) is 13.1. The lowest BCUT2D eigenvalue weighted by molar-refractivity contribution is 0.275. The van der Waals surface area contributed by atoms with Gasteiger partial charge in [0, 0.05) is 16.2 Å². The van der Waals surface area contributed by atoms with E-state index in [1.165, 1.54) is 18.2 Å². The molecule has 18 heavy (non-hydrogen) atoms. The van der Waals surface area contributed by atoms with Crippen molar-refractivity contribution in [3.8, 4) is 11.6 Å². The van der Waals surface area contributed by atoms with Gasteiger partial charge in [-0.1, -0.05) is 0 Å². The second-order valence-corrected chi connectivity index (χ2v) is 4.70. The normalized spacial score (nSPS) is 10.4. The summed E-state index contributed by atoms with van der Waals surface area (Å²) in [5, 5.41) is 9.23. The van der Waals surface area contributed by atoms with Crippen LogP contribution < -0.4 is 4.74 Å². The third-order valence-electron chi connectivity index (χ3n) is 2.41. The SMILES string of the molecule is Cc1cc(F)ccc1Oc1ncc(Br)cc1CO. The molecule has 0 aliphatic carbocycles. The summed E-state index contributed by atoms with van der Waals surface area (Å²) in [6.07, 6.45) is 1.58. The summed E-state index contributed by atoms with van der Waals surface area (Å²) in [6.45, 7) is 1.57. The maximum atomic E-state index is 13.0. The Morgan fingerprint density at radius 2 is 2.17 bits per heavy atom. The Labute approximate surface area is 112 Å². The first-order chi connectivity index (χ1) is 8.60. The van der Waals surface area contributed by atoms with E-state index in [4.69, 9.17) is 4.74 Å². The van der Waals surface area contributed by atoms with E-state index in [0.29, 0.717) is 22.8 Å². The van der Waals surface area contributed by atoms with Gasteiger partial charge in [-0.3, -0.25) is 0 Å². The van der Waals surface area contributed by atoms with Crippen LogP contribution >= 0.6 is 15.9 Å².